The number of hydrogen-bond acceptors (Lipinski definition) is 2. The standard InChI is InChI=1S/C12H17NO/c1-3-4-9-14-12-7-5-11(6-8-12)10(2)13/h3,5-8,10H,1,4,9,13H2,2H3/t10-/m0/s1. The summed E-state index contributed by atoms with van der Waals surface area (Å²) in [5.74, 6) is 0.885. The molecule has 1 aromatic carbocycles. The van der Waals surface area contributed by atoms with Crippen LogP contribution in [-0.2, 0) is 0 Å². The molecule has 0 radical (unpaired) electrons. The van der Waals surface area contributed by atoms with E-state index in [0.717, 1.165) is 17.7 Å². The quantitative estimate of drug-likeness (QED) is 0.573. The molecule has 0 heterocycles. The highest BCUT2D eigenvalue weighted by atomic mass is 16.5. The summed E-state index contributed by atoms with van der Waals surface area (Å²) in [4.78, 5) is 0. The number of hydrogen-bond donors (Lipinski definition) is 1. The van der Waals surface area contributed by atoms with Crippen LogP contribution in [-0.4, -0.2) is 6.61 Å². The Bertz CT molecular complexity index is 277. The van der Waals surface area contributed by atoms with Crippen LogP contribution in [0.15, 0.2) is 36.9 Å². The van der Waals surface area contributed by atoms with Gasteiger partial charge in [-0.1, -0.05) is 18.2 Å². The van der Waals surface area contributed by atoms with Gasteiger partial charge in [0.05, 0.1) is 6.61 Å². The van der Waals surface area contributed by atoms with Gasteiger partial charge in [-0.25, -0.2) is 0 Å². The first-order chi connectivity index (χ1) is 6.74. The van der Waals surface area contributed by atoms with E-state index in [-0.39, 0.29) is 6.04 Å². The van der Waals surface area contributed by atoms with Crippen molar-refractivity contribution < 1.29 is 4.74 Å². The molecule has 0 saturated carbocycles. The maximum Gasteiger partial charge on any atom is 0.119 e. The minimum atomic E-state index is 0.0808. The van der Waals surface area contributed by atoms with Crippen LogP contribution in [0.2, 0.25) is 0 Å². The third-order valence-corrected chi connectivity index (χ3v) is 2.00. The van der Waals surface area contributed by atoms with Crippen LogP contribution in [0, 0.1) is 0 Å². The molecule has 0 aliphatic rings. The molecule has 2 heteroatoms. The average molecular weight is 191 g/mol. The number of benzene rings is 1. The molecule has 0 bridgehead atoms. The summed E-state index contributed by atoms with van der Waals surface area (Å²) in [5.41, 5.74) is 6.86. The molecule has 0 spiro atoms. The van der Waals surface area contributed by atoms with E-state index in [1.54, 1.807) is 0 Å². The summed E-state index contributed by atoms with van der Waals surface area (Å²) in [6.45, 7) is 6.28. The van der Waals surface area contributed by atoms with Gasteiger partial charge in [0.25, 0.3) is 0 Å². The molecule has 1 aromatic rings. The topological polar surface area (TPSA) is 35.2 Å². The Balaban J connectivity index is 2.51. The first kappa shape index (κ1) is 10.8. The molecule has 0 aliphatic carbocycles. The molecule has 1 rings (SSSR count). The van der Waals surface area contributed by atoms with Gasteiger partial charge in [0, 0.05) is 6.04 Å². The molecule has 0 amide bonds. The minimum Gasteiger partial charge on any atom is -0.493 e. The van der Waals surface area contributed by atoms with E-state index >= 15 is 0 Å². The van der Waals surface area contributed by atoms with Gasteiger partial charge in [-0.3, -0.25) is 0 Å². The summed E-state index contributed by atoms with van der Waals surface area (Å²) >= 11 is 0. The molecule has 0 fully saturated rings. The van der Waals surface area contributed by atoms with E-state index in [2.05, 4.69) is 6.58 Å². The van der Waals surface area contributed by atoms with Crippen LogP contribution < -0.4 is 10.5 Å². The summed E-state index contributed by atoms with van der Waals surface area (Å²) < 4.78 is 5.47. The number of ether oxygens (including phenoxy) is 1. The van der Waals surface area contributed by atoms with Gasteiger partial charge in [0.2, 0.25) is 0 Å². The Morgan fingerprint density at radius 1 is 1.43 bits per heavy atom. The van der Waals surface area contributed by atoms with Crippen molar-refractivity contribution in [1.82, 2.24) is 0 Å². The zero-order chi connectivity index (χ0) is 10.4. The molecule has 2 nitrogen and oxygen atoms in total. The zero-order valence-corrected chi connectivity index (χ0v) is 8.57. The average Bonchev–Trinajstić information content (AvgIpc) is 2.19. The highest BCUT2D eigenvalue weighted by Crippen LogP contribution is 2.15. The van der Waals surface area contributed by atoms with E-state index in [1.807, 2.05) is 37.3 Å². The smallest absolute Gasteiger partial charge is 0.119 e. The minimum absolute atomic E-state index is 0.0808. The molecule has 0 aromatic heterocycles. The molecule has 0 unspecified atom stereocenters. The Morgan fingerprint density at radius 2 is 2.07 bits per heavy atom. The Hall–Kier alpha value is -1.28. The fourth-order valence-corrected chi connectivity index (χ4v) is 1.13. The van der Waals surface area contributed by atoms with Crippen LogP contribution >= 0.6 is 0 Å². The second kappa shape index (κ2) is 5.45. The second-order valence-corrected chi connectivity index (χ2v) is 3.28. The number of nitrogens with two attached hydrogens (primary N) is 1. The van der Waals surface area contributed by atoms with E-state index in [4.69, 9.17) is 10.5 Å². The lowest BCUT2D eigenvalue weighted by atomic mass is 10.1. The van der Waals surface area contributed by atoms with Gasteiger partial charge in [-0.05, 0) is 31.0 Å². The summed E-state index contributed by atoms with van der Waals surface area (Å²) in [7, 11) is 0. The van der Waals surface area contributed by atoms with Crippen molar-refractivity contribution in [2.75, 3.05) is 6.61 Å². The highest BCUT2D eigenvalue weighted by molar-refractivity contribution is 5.28. The number of rotatable bonds is 5. The van der Waals surface area contributed by atoms with Gasteiger partial charge in [-0.15, -0.1) is 6.58 Å². The van der Waals surface area contributed by atoms with Gasteiger partial charge in [0.15, 0.2) is 0 Å². The lowest BCUT2D eigenvalue weighted by molar-refractivity contribution is 0.325. The fourth-order valence-electron chi connectivity index (χ4n) is 1.13. The predicted octanol–water partition coefficient (Wildman–Crippen LogP) is 2.66. The van der Waals surface area contributed by atoms with Crippen molar-refractivity contribution in [3.8, 4) is 5.75 Å². The molecule has 0 saturated heterocycles. The Kier molecular flexibility index (Phi) is 4.20. The molecular weight excluding hydrogens is 174 g/mol. The summed E-state index contributed by atoms with van der Waals surface area (Å²) in [6.07, 6.45) is 2.71. The van der Waals surface area contributed by atoms with Gasteiger partial charge < -0.3 is 10.5 Å². The maximum absolute atomic E-state index is 5.73. The summed E-state index contributed by atoms with van der Waals surface area (Å²) in [6, 6.07) is 7.96. The fraction of sp³-hybridized carbons (Fsp3) is 0.333. The van der Waals surface area contributed by atoms with Gasteiger partial charge >= 0.3 is 0 Å². The van der Waals surface area contributed by atoms with Crippen LogP contribution in [0.3, 0.4) is 0 Å². The van der Waals surface area contributed by atoms with Crippen LogP contribution in [0.4, 0.5) is 0 Å². The van der Waals surface area contributed by atoms with Crippen LogP contribution in [0.1, 0.15) is 24.9 Å². The monoisotopic (exact) mass is 191 g/mol. The van der Waals surface area contributed by atoms with E-state index < -0.39 is 0 Å². The van der Waals surface area contributed by atoms with Gasteiger partial charge in [0.1, 0.15) is 5.75 Å². The SMILES string of the molecule is C=CCCOc1ccc([C@H](C)N)cc1. The van der Waals surface area contributed by atoms with Crippen molar-refractivity contribution in [3.63, 3.8) is 0 Å². The molecule has 2 N–H and O–H groups in total. The zero-order valence-electron chi connectivity index (χ0n) is 8.57. The van der Waals surface area contributed by atoms with Crippen molar-refractivity contribution >= 4 is 0 Å². The first-order valence-electron chi connectivity index (χ1n) is 4.83. The van der Waals surface area contributed by atoms with Gasteiger partial charge in [-0.2, -0.15) is 0 Å². The van der Waals surface area contributed by atoms with Crippen molar-refractivity contribution in [3.05, 3.63) is 42.5 Å². The van der Waals surface area contributed by atoms with Crippen LogP contribution in [0.25, 0.3) is 0 Å². The highest BCUT2D eigenvalue weighted by Gasteiger charge is 1.98. The van der Waals surface area contributed by atoms with Crippen molar-refractivity contribution in [2.45, 2.75) is 19.4 Å². The van der Waals surface area contributed by atoms with Crippen molar-refractivity contribution in [2.24, 2.45) is 5.73 Å². The Morgan fingerprint density at radius 3 is 2.57 bits per heavy atom. The predicted molar refractivity (Wildman–Crippen MR) is 59.4 cm³/mol. The first-order valence-corrected chi connectivity index (χ1v) is 4.83. The third-order valence-electron chi connectivity index (χ3n) is 2.00. The third kappa shape index (κ3) is 3.23. The second-order valence-electron chi connectivity index (χ2n) is 3.28. The van der Waals surface area contributed by atoms with E-state index in [9.17, 15) is 0 Å². The largest absolute Gasteiger partial charge is 0.493 e. The van der Waals surface area contributed by atoms with E-state index in [0.29, 0.717) is 6.61 Å². The van der Waals surface area contributed by atoms with Crippen molar-refractivity contribution in [1.29, 1.82) is 0 Å². The lowest BCUT2D eigenvalue weighted by Gasteiger charge is -2.07. The molecule has 0 aliphatic heterocycles. The van der Waals surface area contributed by atoms with Crippen LogP contribution in [0.5, 0.6) is 5.75 Å². The lowest BCUT2D eigenvalue weighted by Crippen LogP contribution is -2.04. The normalized spacial score (nSPS) is 12.1. The molecule has 76 valence electrons. The molecular formula is C12H17NO. The molecule has 14 heavy (non-hydrogen) atoms. The maximum atomic E-state index is 5.73. The molecule has 1 atom stereocenters. The summed E-state index contributed by atoms with van der Waals surface area (Å²) in [5, 5.41) is 0. The van der Waals surface area contributed by atoms with E-state index in [1.165, 1.54) is 0 Å². The Labute approximate surface area is 85.4 Å².